The molecule has 0 N–H and O–H groups in total. The second-order valence-corrected chi connectivity index (χ2v) is 10.5. The fourth-order valence-electron chi connectivity index (χ4n) is 4.48. The molecule has 0 saturated carbocycles. The van der Waals surface area contributed by atoms with E-state index in [1.54, 1.807) is 52.3 Å². The molecule has 2 aromatic carbocycles. The van der Waals surface area contributed by atoms with Gasteiger partial charge in [-0.3, -0.25) is 9.36 Å². The fourth-order valence-corrected chi connectivity index (χ4v) is 6.06. The summed E-state index contributed by atoms with van der Waals surface area (Å²) in [4.78, 5) is 32.3. The van der Waals surface area contributed by atoms with E-state index in [2.05, 4.69) is 20.9 Å². The van der Waals surface area contributed by atoms with Gasteiger partial charge in [0.2, 0.25) is 0 Å². The van der Waals surface area contributed by atoms with E-state index >= 15 is 0 Å². The number of esters is 1. The van der Waals surface area contributed by atoms with Crippen molar-refractivity contribution in [1.82, 2.24) is 4.57 Å². The molecule has 11 heteroatoms. The molecule has 9 nitrogen and oxygen atoms in total. The number of methoxy groups -OCH3 is 2. The average Bonchev–Trinajstić information content (AvgIpc) is 3.23. The molecule has 1 aliphatic heterocycles. The molecule has 0 spiro atoms. The van der Waals surface area contributed by atoms with Crippen molar-refractivity contribution in [2.24, 2.45) is 4.99 Å². The summed E-state index contributed by atoms with van der Waals surface area (Å²) >= 11 is 4.88. The lowest BCUT2D eigenvalue weighted by Gasteiger charge is -2.26. The smallest absolute Gasteiger partial charge is 0.338 e. The molecule has 0 radical (unpaired) electrons. The van der Waals surface area contributed by atoms with Crippen LogP contribution >= 0.6 is 27.3 Å². The Hall–Kier alpha value is -3.57. The first-order valence-electron chi connectivity index (χ1n) is 12.8. The van der Waals surface area contributed by atoms with Crippen LogP contribution in [0.5, 0.6) is 23.0 Å². The largest absolute Gasteiger partial charge is 0.493 e. The van der Waals surface area contributed by atoms with Crippen molar-refractivity contribution in [1.29, 1.82) is 0 Å². The van der Waals surface area contributed by atoms with Gasteiger partial charge in [-0.05, 0) is 69.2 Å². The van der Waals surface area contributed by atoms with Gasteiger partial charge in [-0.25, -0.2) is 9.79 Å². The third-order valence-corrected chi connectivity index (χ3v) is 7.85. The van der Waals surface area contributed by atoms with Gasteiger partial charge in [0.25, 0.3) is 5.56 Å². The van der Waals surface area contributed by atoms with Crippen LogP contribution in [0.4, 0.5) is 0 Å². The third kappa shape index (κ3) is 5.66. The van der Waals surface area contributed by atoms with Gasteiger partial charge in [0, 0.05) is 4.47 Å². The molecule has 0 fully saturated rings. The standard InChI is InChI=1S/C29H31BrN2O7S/c1-7-37-22-12-17(10-11-20(22)35-5)13-24-27(33)32-26(18-14-21(36-6)23(38-8-2)15-19(18)30)25(28(34)39-9-3)16(4)31-29(32)40-24/h10-15,26H,7-9H2,1-6H3/b24-13+/t26-/m0/s1. The number of fused-ring (bicyclic) bond motifs is 1. The second-order valence-electron chi connectivity index (χ2n) is 8.60. The predicted molar refractivity (Wildman–Crippen MR) is 156 cm³/mol. The highest BCUT2D eigenvalue weighted by Crippen LogP contribution is 2.41. The first-order valence-corrected chi connectivity index (χ1v) is 14.4. The van der Waals surface area contributed by atoms with Crippen LogP contribution in [-0.4, -0.2) is 44.6 Å². The lowest BCUT2D eigenvalue weighted by atomic mass is 9.95. The van der Waals surface area contributed by atoms with Crippen molar-refractivity contribution in [2.75, 3.05) is 34.0 Å². The van der Waals surface area contributed by atoms with Crippen LogP contribution in [-0.2, 0) is 9.53 Å². The van der Waals surface area contributed by atoms with E-state index in [-0.39, 0.29) is 17.7 Å². The zero-order chi connectivity index (χ0) is 29.0. The number of hydrogen-bond donors (Lipinski definition) is 0. The molecule has 212 valence electrons. The topological polar surface area (TPSA) is 97.6 Å². The summed E-state index contributed by atoms with van der Waals surface area (Å²) in [6.07, 6.45) is 1.78. The number of thiazole rings is 1. The van der Waals surface area contributed by atoms with Crippen LogP contribution in [0.1, 0.15) is 44.9 Å². The number of benzene rings is 2. The molecular weight excluding hydrogens is 600 g/mol. The Balaban J connectivity index is 1.96. The molecule has 0 unspecified atom stereocenters. The molecule has 0 amide bonds. The Labute approximate surface area is 244 Å². The maximum Gasteiger partial charge on any atom is 0.338 e. The molecule has 1 aromatic heterocycles. The van der Waals surface area contributed by atoms with E-state index < -0.39 is 12.0 Å². The quantitative estimate of drug-likeness (QED) is 0.307. The molecule has 0 saturated heterocycles. The van der Waals surface area contributed by atoms with Gasteiger partial charge in [-0.15, -0.1) is 0 Å². The number of allylic oxidation sites excluding steroid dienone is 1. The molecule has 2 heterocycles. The van der Waals surface area contributed by atoms with E-state index in [0.717, 1.165) is 5.56 Å². The minimum Gasteiger partial charge on any atom is -0.493 e. The average molecular weight is 632 g/mol. The zero-order valence-electron chi connectivity index (χ0n) is 23.2. The number of aromatic nitrogens is 1. The van der Waals surface area contributed by atoms with Crippen LogP contribution in [0.2, 0.25) is 0 Å². The minimum absolute atomic E-state index is 0.181. The Morgan fingerprint density at radius 2 is 1.68 bits per heavy atom. The van der Waals surface area contributed by atoms with Crippen molar-refractivity contribution in [3.63, 3.8) is 0 Å². The van der Waals surface area contributed by atoms with Crippen molar-refractivity contribution >= 4 is 39.3 Å². The zero-order valence-corrected chi connectivity index (χ0v) is 25.6. The fraction of sp³-hybridized carbons (Fsp3) is 0.345. The van der Waals surface area contributed by atoms with Crippen LogP contribution in [0, 0.1) is 0 Å². The number of hydrogen-bond acceptors (Lipinski definition) is 9. The van der Waals surface area contributed by atoms with Crippen LogP contribution < -0.4 is 33.8 Å². The number of carbonyl (C=O) groups is 1. The normalized spacial score (nSPS) is 14.9. The van der Waals surface area contributed by atoms with Gasteiger partial charge in [-0.2, -0.15) is 0 Å². The maximum absolute atomic E-state index is 14.0. The van der Waals surface area contributed by atoms with Crippen LogP contribution in [0.15, 0.2) is 55.9 Å². The van der Waals surface area contributed by atoms with E-state index in [1.165, 1.54) is 15.9 Å². The molecule has 1 atom stereocenters. The summed E-state index contributed by atoms with van der Waals surface area (Å²) in [6.45, 7) is 8.35. The van der Waals surface area contributed by atoms with Crippen molar-refractivity contribution < 1.29 is 28.5 Å². The summed E-state index contributed by atoms with van der Waals surface area (Å²) in [5, 5.41) is 0. The highest BCUT2D eigenvalue weighted by Gasteiger charge is 2.35. The predicted octanol–water partition coefficient (Wildman–Crippen LogP) is 4.38. The number of nitrogens with zero attached hydrogens (tertiary/aromatic N) is 2. The van der Waals surface area contributed by atoms with Gasteiger partial charge in [0.1, 0.15) is 0 Å². The second kappa shape index (κ2) is 12.7. The minimum atomic E-state index is -0.814. The summed E-state index contributed by atoms with van der Waals surface area (Å²) in [5.74, 6) is 1.65. The molecular formula is C29H31BrN2O7S. The number of rotatable bonds is 10. The van der Waals surface area contributed by atoms with E-state index in [4.69, 9.17) is 23.7 Å². The number of carbonyl (C=O) groups excluding carboxylic acids is 1. The molecule has 0 bridgehead atoms. The van der Waals surface area contributed by atoms with E-state index in [9.17, 15) is 9.59 Å². The lowest BCUT2D eigenvalue weighted by molar-refractivity contribution is -0.139. The van der Waals surface area contributed by atoms with Gasteiger partial charge in [0.05, 0.1) is 55.9 Å². The Morgan fingerprint density at radius 3 is 2.30 bits per heavy atom. The van der Waals surface area contributed by atoms with Gasteiger partial charge >= 0.3 is 5.97 Å². The number of halogens is 1. The molecule has 1 aliphatic rings. The van der Waals surface area contributed by atoms with Crippen LogP contribution in [0.3, 0.4) is 0 Å². The first-order chi connectivity index (χ1) is 19.3. The lowest BCUT2D eigenvalue weighted by Crippen LogP contribution is -2.40. The summed E-state index contributed by atoms with van der Waals surface area (Å²) in [7, 11) is 3.12. The van der Waals surface area contributed by atoms with E-state index in [0.29, 0.717) is 61.3 Å². The molecule has 0 aliphatic carbocycles. The molecule has 40 heavy (non-hydrogen) atoms. The Bertz CT molecular complexity index is 1640. The summed E-state index contributed by atoms with van der Waals surface area (Å²) in [5.41, 5.74) is 1.84. The maximum atomic E-state index is 14.0. The SMILES string of the molecule is CCOC(=O)C1=C(C)N=c2s/c(=C/c3ccc(OC)c(OCC)c3)c(=O)n2[C@H]1c1cc(OC)c(OCC)cc1Br. The number of ether oxygens (including phenoxy) is 5. The van der Waals surface area contributed by atoms with Crippen molar-refractivity contribution in [3.8, 4) is 23.0 Å². The summed E-state index contributed by atoms with van der Waals surface area (Å²) in [6, 6.07) is 8.20. The van der Waals surface area contributed by atoms with Gasteiger partial charge < -0.3 is 23.7 Å². The van der Waals surface area contributed by atoms with Gasteiger partial charge in [0.15, 0.2) is 27.8 Å². The Kier molecular flexibility index (Phi) is 9.36. The van der Waals surface area contributed by atoms with E-state index in [1.807, 2.05) is 26.0 Å². The first kappa shape index (κ1) is 29.4. The molecule has 4 rings (SSSR count). The van der Waals surface area contributed by atoms with Crippen molar-refractivity contribution in [2.45, 2.75) is 33.7 Å². The summed E-state index contributed by atoms with van der Waals surface area (Å²) < 4.78 is 30.4. The highest BCUT2D eigenvalue weighted by atomic mass is 79.9. The third-order valence-electron chi connectivity index (χ3n) is 6.18. The monoisotopic (exact) mass is 630 g/mol. The van der Waals surface area contributed by atoms with Crippen molar-refractivity contribution in [3.05, 3.63) is 76.9 Å². The Morgan fingerprint density at radius 1 is 1.00 bits per heavy atom. The molecule has 3 aromatic rings. The van der Waals surface area contributed by atoms with Gasteiger partial charge in [-0.1, -0.05) is 33.3 Å². The highest BCUT2D eigenvalue weighted by molar-refractivity contribution is 9.10. The van der Waals surface area contributed by atoms with Crippen LogP contribution in [0.25, 0.3) is 6.08 Å².